The van der Waals surface area contributed by atoms with Gasteiger partial charge in [-0.15, -0.1) is 5.98 Å². The molecule has 0 N–H and O–H groups in total. The Hall–Kier alpha value is -0.195. The Labute approximate surface area is 91.3 Å². The second kappa shape index (κ2) is 9.36. The van der Waals surface area contributed by atoms with E-state index in [1.807, 2.05) is 0 Å². The largest absolute Gasteiger partial charge is 0.160 e. The fourth-order valence-corrected chi connectivity index (χ4v) is 1.84. The standard InChI is InChI=1S/C13H27B/c1-5-6-7-8-9-10-11-13(2)12-14(3)4/h12H,5-11H2,1-4H3/b13-12+. The second-order valence-electron chi connectivity index (χ2n) is 4.77. The number of hydrogen-bond donors (Lipinski definition) is 0. The molecule has 0 rings (SSSR count). The minimum absolute atomic E-state index is 0.718. The molecule has 0 heterocycles. The molecule has 0 bridgehead atoms. The summed E-state index contributed by atoms with van der Waals surface area (Å²) in [7, 11) is 0. The Morgan fingerprint density at radius 1 is 1.00 bits per heavy atom. The molecule has 0 radical (unpaired) electrons. The molecule has 0 nitrogen and oxygen atoms in total. The van der Waals surface area contributed by atoms with Crippen molar-refractivity contribution in [1.82, 2.24) is 0 Å². The molecule has 0 atom stereocenters. The van der Waals surface area contributed by atoms with E-state index in [0.29, 0.717) is 0 Å². The lowest BCUT2D eigenvalue weighted by molar-refractivity contribution is 0.606. The van der Waals surface area contributed by atoms with Crippen LogP contribution in [0.15, 0.2) is 11.5 Å². The first kappa shape index (κ1) is 13.8. The fourth-order valence-electron chi connectivity index (χ4n) is 1.84. The van der Waals surface area contributed by atoms with Crippen LogP contribution in [0.25, 0.3) is 0 Å². The van der Waals surface area contributed by atoms with E-state index in [0.717, 1.165) is 6.71 Å². The average Bonchev–Trinajstić information content (AvgIpc) is 2.10. The molecule has 1 heteroatoms. The highest BCUT2D eigenvalue weighted by molar-refractivity contribution is 6.61. The fraction of sp³-hybridized carbons (Fsp3) is 0.846. The Kier molecular flexibility index (Phi) is 9.23. The zero-order valence-corrected chi connectivity index (χ0v) is 10.6. The van der Waals surface area contributed by atoms with Crippen molar-refractivity contribution in [2.75, 3.05) is 0 Å². The van der Waals surface area contributed by atoms with Crippen molar-refractivity contribution in [3.63, 3.8) is 0 Å². The van der Waals surface area contributed by atoms with Gasteiger partial charge in [-0.2, -0.15) is 0 Å². The number of rotatable bonds is 8. The maximum Gasteiger partial charge on any atom is 0.160 e. The van der Waals surface area contributed by atoms with Crippen LogP contribution < -0.4 is 0 Å². The van der Waals surface area contributed by atoms with Crippen LogP contribution in [0, 0.1) is 0 Å². The topological polar surface area (TPSA) is 0 Å². The molecule has 0 saturated heterocycles. The molecule has 0 aliphatic rings. The molecule has 0 aromatic heterocycles. The van der Waals surface area contributed by atoms with Gasteiger partial charge in [0.15, 0.2) is 6.71 Å². The molecular weight excluding hydrogens is 167 g/mol. The van der Waals surface area contributed by atoms with Gasteiger partial charge in [-0.05, 0) is 19.8 Å². The summed E-state index contributed by atoms with van der Waals surface area (Å²) in [4.78, 5) is 0. The van der Waals surface area contributed by atoms with Crippen molar-refractivity contribution < 1.29 is 0 Å². The van der Waals surface area contributed by atoms with Crippen LogP contribution in [0.2, 0.25) is 13.6 Å². The van der Waals surface area contributed by atoms with Crippen molar-refractivity contribution in [3.05, 3.63) is 11.5 Å². The molecule has 0 saturated carbocycles. The lowest BCUT2D eigenvalue weighted by Crippen LogP contribution is -1.95. The molecule has 0 spiro atoms. The zero-order chi connectivity index (χ0) is 10.8. The monoisotopic (exact) mass is 194 g/mol. The molecule has 14 heavy (non-hydrogen) atoms. The molecule has 0 aromatic carbocycles. The quantitative estimate of drug-likeness (QED) is 0.377. The number of hydrogen-bond acceptors (Lipinski definition) is 0. The van der Waals surface area contributed by atoms with Crippen LogP contribution in [-0.4, -0.2) is 6.71 Å². The van der Waals surface area contributed by atoms with Crippen LogP contribution in [0.4, 0.5) is 0 Å². The summed E-state index contributed by atoms with van der Waals surface area (Å²) in [6, 6.07) is 0. The predicted octanol–water partition coefficient (Wildman–Crippen LogP) is 4.98. The zero-order valence-electron chi connectivity index (χ0n) is 10.6. The third-order valence-corrected chi connectivity index (χ3v) is 2.54. The highest BCUT2D eigenvalue weighted by atomic mass is 14.0. The minimum atomic E-state index is 0.718. The Morgan fingerprint density at radius 3 is 2.14 bits per heavy atom. The summed E-state index contributed by atoms with van der Waals surface area (Å²) in [5, 5.41) is 0. The summed E-state index contributed by atoms with van der Waals surface area (Å²) in [5.74, 6) is 2.39. The van der Waals surface area contributed by atoms with Crippen molar-refractivity contribution in [2.45, 2.75) is 72.4 Å². The molecule has 0 aliphatic carbocycles. The minimum Gasteiger partial charge on any atom is -0.117 e. The number of allylic oxidation sites excluding steroid dienone is 1. The summed E-state index contributed by atoms with van der Waals surface area (Å²) in [6.07, 6.45) is 9.76. The van der Waals surface area contributed by atoms with Gasteiger partial charge in [-0.3, -0.25) is 0 Å². The highest BCUT2D eigenvalue weighted by Crippen LogP contribution is 2.11. The molecule has 0 fully saturated rings. The van der Waals surface area contributed by atoms with Gasteiger partial charge in [0, 0.05) is 0 Å². The van der Waals surface area contributed by atoms with Crippen molar-refractivity contribution >= 4 is 6.71 Å². The average molecular weight is 194 g/mol. The van der Waals surface area contributed by atoms with Gasteiger partial charge in [0.05, 0.1) is 0 Å². The van der Waals surface area contributed by atoms with Crippen LogP contribution >= 0.6 is 0 Å². The number of unbranched alkanes of at least 4 members (excludes halogenated alkanes) is 5. The van der Waals surface area contributed by atoms with E-state index >= 15 is 0 Å². The highest BCUT2D eigenvalue weighted by Gasteiger charge is 1.95. The molecule has 0 unspecified atom stereocenters. The maximum absolute atomic E-state index is 2.39. The summed E-state index contributed by atoms with van der Waals surface area (Å²) < 4.78 is 0. The smallest absolute Gasteiger partial charge is 0.117 e. The van der Waals surface area contributed by atoms with Gasteiger partial charge in [0.2, 0.25) is 0 Å². The maximum atomic E-state index is 2.39. The molecule has 0 amide bonds. The van der Waals surface area contributed by atoms with E-state index in [1.165, 1.54) is 44.9 Å². The summed E-state index contributed by atoms with van der Waals surface area (Å²) in [5.41, 5.74) is 1.58. The molecule has 0 aromatic rings. The van der Waals surface area contributed by atoms with E-state index in [2.05, 4.69) is 33.5 Å². The van der Waals surface area contributed by atoms with Gasteiger partial charge in [-0.25, -0.2) is 0 Å². The SMILES string of the molecule is CCCCCCCC/C(C)=C/B(C)C. The Morgan fingerprint density at radius 2 is 1.57 bits per heavy atom. The van der Waals surface area contributed by atoms with Gasteiger partial charge >= 0.3 is 0 Å². The van der Waals surface area contributed by atoms with E-state index in [-0.39, 0.29) is 0 Å². The summed E-state index contributed by atoms with van der Waals surface area (Å²) in [6.45, 7) is 9.77. The normalized spacial score (nSPS) is 11.9. The van der Waals surface area contributed by atoms with E-state index in [1.54, 1.807) is 5.57 Å². The lowest BCUT2D eigenvalue weighted by atomic mass is 9.54. The van der Waals surface area contributed by atoms with E-state index in [4.69, 9.17) is 0 Å². The first-order valence-electron chi connectivity index (χ1n) is 6.34. The van der Waals surface area contributed by atoms with Gasteiger partial charge in [0.1, 0.15) is 0 Å². The molecular formula is C13H27B. The van der Waals surface area contributed by atoms with Crippen LogP contribution in [0.5, 0.6) is 0 Å². The van der Waals surface area contributed by atoms with Gasteiger partial charge in [0.25, 0.3) is 0 Å². The Balaban J connectivity index is 3.27. The van der Waals surface area contributed by atoms with Crippen molar-refractivity contribution in [2.24, 2.45) is 0 Å². The third kappa shape index (κ3) is 9.89. The van der Waals surface area contributed by atoms with Crippen LogP contribution in [0.1, 0.15) is 58.8 Å². The first-order valence-corrected chi connectivity index (χ1v) is 6.34. The van der Waals surface area contributed by atoms with Crippen molar-refractivity contribution in [3.8, 4) is 0 Å². The van der Waals surface area contributed by atoms with E-state index in [9.17, 15) is 0 Å². The summed E-state index contributed by atoms with van der Waals surface area (Å²) >= 11 is 0. The third-order valence-electron chi connectivity index (χ3n) is 2.54. The first-order chi connectivity index (χ1) is 6.66. The Bertz CT molecular complexity index is 147. The lowest BCUT2D eigenvalue weighted by Gasteiger charge is -2.02. The predicted molar refractivity (Wildman–Crippen MR) is 69.2 cm³/mol. The van der Waals surface area contributed by atoms with Crippen LogP contribution in [-0.2, 0) is 0 Å². The van der Waals surface area contributed by atoms with Crippen molar-refractivity contribution in [1.29, 1.82) is 0 Å². The van der Waals surface area contributed by atoms with Gasteiger partial charge < -0.3 is 0 Å². The second-order valence-corrected chi connectivity index (χ2v) is 4.77. The van der Waals surface area contributed by atoms with Gasteiger partial charge in [-0.1, -0.05) is 58.2 Å². The van der Waals surface area contributed by atoms with Crippen LogP contribution in [0.3, 0.4) is 0 Å². The molecule has 82 valence electrons. The van der Waals surface area contributed by atoms with E-state index < -0.39 is 0 Å². The molecule has 0 aliphatic heterocycles.